The first-order valence-corrected chi connectivity index (χ1v) is 2.65. The second-order valence-corrected chi connectivity index (χ2v) is 1.53. The minimum atomic E-state index is 0.482. The van der Waals surface area contributed by atoms with E-state index in [0.29, 0.717) is 13.1 Å². The van der Waals surface area contributed by atoms with Crippen LogP contribution >= 0.6 is 0 Å². The number of rotatable bonds is 5. The van der Waals surface area contributed by atoms with Crippen LogP contribution in [0.2, 0.25) is 0 Å². The maximum absolute atomic E-state index is 9.87. The third-order valence-corrected chi connectivity index (χ3v) is 0.795. The molecular weight excluding hydrogens is 116 g/mol. The van der Waals surface area contributed by atoms with Crippen LogP contribution in [-0.2, 0) is 0 Å². The molecule has 0 aliphatic heterocycles. The Morgan fingerprint density at radius 3 is 2.00 bits per heavy atom. The van der Waals surface area contributed by atoms with E-state index in [2.05, 4.69) is 18.4 Å². The van der Waals surface area contributed by atoms with Crippen molar-refractivity contribution >= 4 is 0 Å². The number of hydrogen-bond acceptors (Lipinski definition) is 2. The first-order valence-electron chi connectivity index (χ1n) is 2.65. The predicted molar refractivity (Wildman–Crippen MR) is 38.1 cm³/mol. The van der Waals surface area contributed by atoms with Gasteiger partial charge in [-0.3, -0.25) is 0 Å². The molecule has 0 spiro atoms. The fourth-order valence-electron chi connectivity index (χ4n) is 0.439. The van der Waals surface area contributed by atoms with E-state index in [-0.39, 0.29) is 0 Å². The summed E-state index contributed by atoms with van der Waals surface area (Å²) in [5, 5.41) is 4.03. The Balaban J connectivity index is 3.51. The van der Waals surface area contributed by atoms with E-state index in [1.807, 2.05) is 0 Å². The molecule has 0 aliphatic carbocycles. The topological polar surface area (TPSA) is 35.3 Å². The van der Waals surface area contributed by atoms with Crippen molar-refractivity contribution in [3.63, 3.8) is 0 Å². The largest absolute Gasteiger partial charge is 0.209 e. The molecule has 9 heavy (non-hydrogen) atoms. The molecule has 0 saturated carbocycles. The Morgan fingerprint density at radius 2 is 1.78 bits per heavy atom. The van der Waals surface area contributed by atoms with Gasteiger partial charge >= 0.3 is 0 Å². The van der Waals surface area contributed by atoms with Gasteiger partial charge in [0.2, 0.25) is 5.29 Å². The van der Waals surface area contributed by atoms with Crippen LogP contribution in [0.3, 0.4) is 0 Å². The van der Waals surface area contributed by atoms with Crippen LogP contribution in [0.1, 0.15) is 0 Å². The van der Waals surface area contributed by atoms with E-state index in [9.17, 15) is 4.91 Å². The van der Waals surface area contributed by atoms with Crippen molar-refractivity contribution in [1.29, 1.82) is 0 Å². The molecule has 0 fully saturated rings. The fourth-order valence-corrected chi connectivity index (χ4v) is 0.439. The van der Waals surface area contributed by atoms with Crippen molar-refractivity contribution in [3.8, 4) is 0 Å². The molecule has 0 amide bonds. The summed E-state index contributed by atoms with van der Waals surface area (Å²) in [5.74, 6) is 0. The van der Waals surface area contributed by atoms with Crippen LogP contribution in [-0.4, -0.2) is 13.1 Å². The van der Waals surface area contributed by atoms with Crippen LogP contribution in [0.25, 0.3) is 0 Å². The molecule has 3 heteroatoms. The van der Waals surface area contributed by atoms with Gasteiger partial charge in [-0.05, 0) is 12.2 Å². The monoisotopic (exact) mass is 126 g/mol. The first-order chi connectivity index (χ1) is 4.35. The van der Waals surface area contributed by atoms with Crippen molar-refractivity contribution in [2.45, 2.75) is 0 Å². The second kappa shape index (κ2) is 5.18. The number of nitrogens with zero attached hydrogens (tertiary/aromatic N) is 2. The molecule has 0 saturated heterocycles. The SMILES string of the molecule is C=CC[N+](CC=C)N=O. The van der Waals surface area contributed by atoms with Gasteiger partial charge in [-0.15, -0.1) is 0 Å². The Kier molecular flexibility index (Phi) is 4.63. The molecular formula is C6H10N2O+. The lowest BCUT2D eigenvalue weighted by Crippen LogP contribution is -2.22. The van der Waals surface area contributed by atoms with Crippen LogP contribution in [0.15, 0.2) is 30.6 Å². The van der Waals surface area contributed by atoms with E-state index < -0.39 is 0 Å². The summed E-state index contributed by atoms with van der Waals surface area (Å²) < 4.78 is 0. The summed E-state index contributed by atoms with van der Waals surface area (Å²) in [6.07, 6.45) is 3.23. The third-order valence-electron chi connectivity index (χ3n) is 0.795. The summed E-state index contributed by atoms with van der Waals surface area (Å²) in [4.78, 5) is 9.87. The molecule has 0 N–H and O–H groups in total. The van der Waals surface area contributed by atoms with Crippen LogP contribution in [0.5, 0.6) is 0 Å². The van der Waals surface area contributed by atoms with Gasteiger partial charge < -0.3 is 0 Å². The highest BCUT2D eigenvalue weighted by molar-refractivity contribution is 4.80. The maximum atomic E-state index is 9.87. The molecule has 0 aromatic carbocycles. The molecule has 0 aromatic heterocycles. The number of nitroso groups, excluding NO2 is 1. The van der Waals surface area contributed by atoms with Gasteiger partial charge in [-0.1, -0.05) is 18.1 Å². The van der Waals surface area contributed by atoms with E-state index >= 15 is 0 Å². The van der Waals surface area contributed by atoms with Crippen molar-refractivity contribution in [3.05, 3.63) is 30.2 Å². The summed E-state index contributed by atoms with van der Waals surface area (Å²) in [6.45, 7) is 7.88. The third kappa shape index (κ3) is 3.61. The molecule has 3 nitrogen and oxygen atoms in total. The molecule has 0 bridgehead atoms. The quantitative estimate of drug-likeness (QED) is 0.236. The van der Waals surface area contributed by atoms with Gasteiger partial charge in [0.25, 0.3) is 0 Å². The smallest absolute Gasteiger partial charge is 0.0972 e. The van der Waals surface area contributed by atoms with Crippen LogP contribution < -0.4 is 5.01 Å². The fraction of sp³-hybridized carbons (Fsp3) is 0.333. The molecule has 0 aliphatic rings. The molecule has 49 valence electrons. The summed E-state index contributed by atoms with van der Waals surface area (Å²) in [6, 6.07) is 0. The van der Waals surface area contributed by atoms with Crippen molar-refractivity contribution in [2.75, 3.05) is 13.1 Å². The van der Waals surface area contributed by atoms with Gasteiger partial charge in [0.15, 0.2) is 13.1 Å². The molecule has 0 atom stereocenters. The zero-order valence-corrected chi connectivity index (χ0v) is 5.29. The Labute approximate surface area is 54.6 Å². The van der Waals surface area contributed by atoms with Crippen molar-refractivity contribution in [1.82, 2.24) is 5.01 Å². The molecule has 1 radical (unpaired) electrons. The molecule has 0 unspecified atom stereocenters. The van der Waals surface area contributed by atoms with E-state index in [1.165, 1.54) is 5.01 Å². The maximum Gasteiger partial charge on any atom is 0.209 e. The zero-order chi connectivity index (χ0) is 7.11. The Hall–Kier alpha value is -0.960. The first kappa shape index (κ1) is 8.04. The van der Waals surface area contributed by atoms with Gasteiger partial charge in [-0.25, -0.2) is 0 Å². The highest BCUT2D eigenvalue weighted by Gasteiger charge is 2.08. The standard InChI is InChI=1S/C6H10N2O/c1-3-5-8(7-9)6-4-2/h3-4H,1-2,5-6H2/q+1. The lowest BCUT2D eigenvalue weighted by atomic mass is 10.5. The molecule has 0 heterocycles. The Morgan fingerprint density at radius 1 is 1.33 bits per heavy atom. The lowest BCUT2D eigenvalue weighted by molar-refractivity contribution is 0.507. The van der Waals surface area contributed by atoms with E-state index in [1.54, 1.807) is 12.2 Å². The van der Waals surface area contributed by atoms with Gasteiger partial charge in [-0.2, -0.15) is 0 Å². The lowest BCUT2D eigenvalue weighted by Gasteiger charge is -1.90. The molecule has 0 rings (SSSR count). The number of hydrogen-bond donors (Lipinski definition) is 0. The summed E-state index contributed by atoms with van der Waals surface area (Å²) in [5.41, 5.74) is 0. The predicted octanol–water partition coefficient (Wildman–Crippen LogP) is 1.18. The van der Waals surface area contributed by atoms with Crippen molar-refractivity contribution < 1.29 is 0 Å². The normalized spacial score (nSPS) is 9.00. The van der Waals surface area contributed by atoms with E-state index in [0.717, 1.165) is 0 Å². The average Bonchev–Trinajstić information content (AvgIpc) is 1.88. The molecule has 0 aromatic rings. The minimum absolute atomic E-state index is 0.482. The zero-order valence-electron chi connectivity index (χ0n) is 5.29. The van der Waals surface area contributed by atoms with Gasteiger partial charge in [0, 0.05) is 5.01 Å². The average molecular weight is 126 g/mol. The highest BCUT2D eigenvalue weighted by atomic mass is 16.3. The van der Waals surface area contributed by atoms with Crippen LogP contribution in [0.4, 0.5) is 0 Å². The Bertz CT molecular complexity index is 102. The van der Waals surface area contributed by atoms with Gasteiger partial charge in [0.1, 0.15) is 0 Å². The summed E-state index contributed by atoms with van der Waals surface area (Å²) in [7, 11) is 0. The highest BCUT2D eigenvalue weighted by Crippen LogP contribution is 1.82. The van der Waals surface area contributed by atoms with Gasteiger partial charge in [0.05, 0.1) is 0 Å². The van der Waals surface area contributed by atoms with Crippen LogP contribution in [0, 0.1) is 4.91 Å². The van der Waals surface area contributed by atoms with E-state index in [4.69, 9.17) is 0 Å². The van der Waals surface area contributed by atoms with Crippen molar-refractivity contribution in [2.24, 2.45) is 5.29 Å². The minimum Gasteiger partial charge on any atom is -0.0972 e. The second-order valence-electron chi connectivity index (χ2n) is 1.53. The summed E-state index contributed by atoms with van der Waals surface area (Å²) >= 11 is 0.